The van der Waals surface area contributed by atoms with Crippen LogP contribution < -0.4 is 0 Å². The number of aliphatic hydroxyl groups excluding tert-OH is 2. The van der Waals surface area contributed by atoms with Crippen molar-refractivity contribution in [3.05, 3.63) is 72.9 Å². The third-order valence-corrected chi connectivity index (χ3v) is 4.25. The number of hydrogen-bond acceptors (Lipinski definition) is 4. The minimum Gasteiger partial charge on any atom is -0.463 e. The highest BCUT2D eigenvalue weighted by Crippen LogP contribution is 2.03. The molecule has 0 amide bonds. The second-order valence-electron chi connectivity index (χ2n) is 7.18. The summed E-state index contributed by atoms with van der Waals surface area (Å²) in [5.41, 5.74) is 0. The molecule has 0 bridgehead atoms. The molecule has 4 heteroatoms. The van der Waals surface area contributed by atoms with Gasteiger partial charge in [-0.05, 0) is 57.8 Å². The molecule has 0 aliphatic carbocycles. The molecule has 0 aliphatic rings. The van der Waals surface area contributed by atoms with Gasteiger partial charge >= 0.3 is 5.97 Å². The fourth-order valence-corrected chi connectivity index (χ4v) is 2.49. The van der Waals surface area contributed by atoms with Crippen molar-refractivity contribution in [1.82, 2.24) is 0 Å². The van der Waals surface area contributed by atoms with Gasteiger partial charge < -0.3 is 14.9 Å². The summed E-state index contributed by atoms with van der Waals surface area (Å²) >= 11 is 0. The number of carbonyl (C=O) groups is 1. The van der Waals surface area contributed by atoms with Crippen molar-refractivity contribution in [2.24, 2.45) is 0 Å². The summed E-state index contributed by atoms with van der Waals surface area (Å²) in [6.45, 7) is 1.62. The standard InChI is InChI=1S/C27H42O4/c1-2-3-4-5-6-7-8-9-10-11-12-13-14-15-16-17-18-19-20-21-22-23-27(30)31-25-26(29)24-28/h3-4,6-7,9-10,12-13,15-16,18-19,26,28-29H,2,5,8,11,14,17,20-25H2,1H3/b4-3-,7-6-,10-9-,13-12-,16-15-,19-18-/t26-/m0/s1. The molecular formula is C27H42O4. The molecule has 0 aromatic carbocycles. The number of allylic oxidation sites excluding steroid dienone is 12. The Labute approximate surface area is 189 Å². The molecule has 0 unspecified atom stereocenters. The molecule has 0 rings (SSSR count). The van der Waals surface area contributed by atoms with Gasteiger partial charge in [-0.2, -0.15) is 0 Å². The van der Waals surface area contributed by atoms with Crippen molar-refractivity contribution in [1.29, 1.82) is 0 Å². The zero-order valence-electron chi connectivity index (χ0n) is 19.2. The Morgan fingerprint density at radius 3 is 1.65 bits per heavy atom. The maximum absolute atomic E-state index is 11.4. The Morgan fingerprint density at radius 2 is 1.19 bits per heavy atom. The van der Waals surface area contributed by atoms with Crippen LogP contribution in [0, 0.1) is 0 Å². The number of rotatable bonds is 19. The molecule has 4 nitrogen and oxygen atoms in total. The van der Waals surface area contributed by atoms with Crippen molar-refractivity contribution >= 4 is 5.97 Å². The van der Waals surface area contributed by atoms with Crippen LogP contribution in [0.2, 0.25) is 0 Å². The van der Waals surface area contributed by atoms with Crippen LogP contribution in [0.15, 0.2) is 72.9 Å². The third-order valence-electron chi connectivity index (χ3n) is 4.25. The molecular weight excluding hydrogens is 388 g/mol. The summed E-state index contributed by atoms with van der Waals surface area (Å²) in [4.78, 5) is 11.4. The normalized spacial score (nSPS) is 13.8. The van der Waals surface area contributed by atoms with E-state index in [9.17, 15) is 4.79 Å². The van der Waals surface area contributed by atoms with Gasteiger partial charge in [-0.1, -0.05) is 79.8 Å². The minimum atomic E-state index is -0.983. The van der Waals surface area contributed by atoms with Crippen LogP contribution in [0.5, 0.6) is 0 Å². The Hall–Kier alpha value is -2.17. The lowest BCUT2D eigenvalue weighted by molar-refractivity contribution is -0.147. The number of unbranched alkanes of at least 4 members (excludes halogenated alkanes) is 2. The molecule has 0 aromatic rings. The SMILES string of the molecule is CC/C=C\C/C=C\C/C=C\C/C=C\C/C=C\C/C=C\CCCCC(=O)OC[C@@H](O)CO. The van der Waals surface area contributed by atoms with Gasteiger partial charge in [-0.15, -0.1) is 0 Å². The lowest BCUT2D eigenvalue weighted by Crippen LogP contribution is -2.21. The van der Waals surface area contributed by atoms with E-state index in [2.05, 4.69) is 79.8 Å². The molecule has 2 N–H and O–H groups in total. The van der Waals surface area contributed by atoms with Crippen LogP contribution in [0.3, 0.4) is 0 Å². The summed E-state index contributed by atoms with van der Waals surface area (Å²) in [5, 5.41) is 17.7. The molecule has 31 heavy (non-hydrogen) atoms. The monoisotopic (exact) mass is 430 g/mol. The van der Waals surface area contributed by atoms with Crippen LogP contribution in [-0.2, 0) is 9.53 Å². The lowest BCUT2D eigenvalue weighted by Gasteiger charge is -2.07. The van der Waals surface area contributed by atoms with Crippen molar-refractivity contribution in [3.8, 4) is 0 Å². The first-order valence-corrected chi connectivity index (χ1v) is 11.5. The van der Waals surface area contributed by atoms with Gasteiger partial charge in [0.25, 0.3) is 0 Å². The van der Waals surface area contributed by atoms with Crippen LogP contribution in [0.25, 0.3) is 0 Å². The first kappa shape index (κ1) is 28.8. The highest BCUT2D eigenvalue weighted by molar-refractivity contribution is 5.69. The second kappa shape index (κ2) is 24.1. The number of aliphatic hydroxyl groups is 2. The van der Waals surface area contributed by atoms with E-state index in [1.807, 2.05) is 0 Å². The Kier molecular flexibility index (Phi) is 22.4. The first-order valence-electron chi connectivity index (χ1n) is 11.5. The molecule has 0 fully saturated rings. The molecule has 0 aliphatic heterocycles. The maximum Gasteiger partial charge on any atom is 0.305 e. The number of esters is 1. The zero-order chi connectivity index (χ0) is 22.8. The molecule has 1 atom stereocenters. The largest absolute Gasteiger partial charge is 0.463 e. The smallest absolute Gasteiger partial charge is 0.305 e. The summed E-state index contributed by atoms with van der Waals surface area (Å²) in [6, 6.07) is 0. The minimum absolute atomic E-state index is 0.136. The lowest BCUT2D eigenvalue weighted by atomic mass is 10.2. The van der Waals surface area contributed by atoms with Gasteiger partial charge in [-0.25, -0.2) is 0 Å². The van der Waals surface area contributed by atoms with Crippen molar-refractivity contribution in [3.63, 3.8) is 0 Å². The summed E-state index contributed by atoms with van der Waals surface area (Å²) < 4.78 is 4.85. The summed E-state index contributed by atoms with van der Waals surface area (Å²) in [7, 11) is 0. The van der Waals surface area contributed by atoms with E-state index in [1.165, 1.54) is 0 Å². The van der Waals surface area contributed by atoms with Crippen LogP contribution in [0.4, 0.5) is 0 Å². The predicted molar refractivity (Wildman–Crippen MR) is 131 cm³/mol. The van der Waals surface area contributed by atoms with Crippen molar-refractivity contribution in [2.75, 3.05) is 13.2 Å². The van der Waals surface area contributed by atoms with E-state index in [0.29, 0.717) is 6.42 Å². The zero-order valence-corrected chi connectivity index (χ0v) is 19.2. The maximum atomic E-state index is 11.4. The Balaban J connectivity index is 3.53. The number of hydrogen-bond donors (Lipinski definition) is 2. The van der Waals surface area contributed by atoms with Gasteiger partial charge in [0.15, 0.2) is 0 Å². The number of ether oxygens (including phenoxy) is 1. The average Bonchev–Trinajstić information content (AvgIpc) is 2.78. The Morgan fingerprint density at radius 1 is 0.742 bits per heavy atom. The molecule has 0 heterocycles. The van der Waals surface area contributed by atoms with Gasteiger partial charge in [0.05, 0.1) is 6.61 Å². The van der Waals surface area contributed by atoms with Crippen molar-refractivity contribution in [2.45, 2.75) is 77.2 Å². The van der Waals surface area contributed by atoms with Crippen LogP contribution in [-0.4, -0.2) is 35.5 Å². The fourth-order valence-electron chi connectivity index (χ4n) is 2.49. The molecule has 0 saturated heterocycles. The van der Waals surface area contributed by atoms with Crippen LogP contribution >= 0.6 is 0 Å². The van der Waals surface area contributed by atoms with Crippen LogP contribution in [0.1, 0.15) is 71.1 Å². The van der Waals surface area contributed by atoms with E-state index in [1.54, 1.807) is 0 Å². The average molecular weight is 431 g/mol. The fraction of sp³-hybridized carbons (Fsp3) is 0.519. The molecule has 0 radical (unpaired) electrons. The van der Waals surface area contributed by atoms with E-state index in [4.69, 9.17) is 14.9 Å². The van der Waals surface area contributed by atoms with Gasteiger partial charge in [-0.3, -0.25) is 4.79 Å². The molecule has 174 valence electrons. The Bertz CT molecular complexity index is 582. The van der Waals surface area contributed by atoms with E-state index >= 15 is 0 Å². The number of carbonyl (C=O) groups excluding carboxylic acids is 1. The first-order chi connectivity index (χ1) is 15.2. The highest BCUT2D eigenvalue weighted by Gasteiger charge is 2.06. The van der Waals surface area contributed by atoms with Gasteiger partial charge in [0.1, 0.15) is 12.7 Å². The van der Waals surface area contributed by atoms with E-state index in [-0.39, 0.29) is 12.6 Å². The third kappa shape index (κ3) is 24.0. The summed E-state index contributed by atoms with van der Waals surface area (Å²) in [6.07, 6.45) is 34.2. The quantitative estimate of drug-likeness (QED) is 0.147. The molecule has 0 spiro atoms. The summed E-state index contributed by atoms with van der Waals surface area (Å²) in [5.74, 6) is -0.324. The van der Waals surface area contributed by atoms with E-state index in [0.717, 1.165) is 57.8 Å². The topological polar surface area (TPSA) is 66.8 Å². The molecule has 0 saturated carbocycles. The second-order valence-corrected chi connectivity index (χ2v) is 7.18. The van der Waals surface area contributed by atoms with Crippen molar-refractivity contribution < 1.29 is 19.7 Å². The van der Waals surface area contributed by atoms with Gasteiger partial charge in [0.2, 0.25) is 0 Å². The highest BCUT2D eigenvalue weighted by atomic mass is 16.5. The predicted octanol–water partition coefficient (Wildman–Crippen LogP) is 6.14. The van der Waals surface area contributed by atoms with Gasteiger partial charge in [0, 0.05) is 6.42 Å². The van der Waals surface area contributed by atoms with E-state index < -0.39 is 12.7 Å². The molecule has 0 aromatic heterocycles.